The van der Waals surface area contributed by atoms with Gasteiger partial charge < -0.3 is 10.1 Å². The molecule has 0 spiro atoms. The van der Waals surface area contributed by atoms with Crippen LogP contribution in [0.25, 0.3) is 0 Å². The molecule has 0 bridgehead atoms. The summed E-state index contributed by atoms with van der Waals surface area (Å²) >= 11 is 0. The van der Waals surface area contributed by atoms with Gasteiger partial charge in [0, 0.05) is 12.7 Å². The van der Waals surface area contributed by atoms with Crippen molar-refractivity contribution >= 4 is 17.6 Å². The lowest BCUT2D eigenvalue weighted by atomic mass is 10.2. The maximum atomic E-state index is 11.8. The highest BCUT2D eigenvalue weighted by atomic mass is 16.5. The van der Waals surface area contributed by atoms with Crippen molar-refractivity contribution in [2.45, 2.75) is 0 Å². The number of rotatable bonds is 3. The Bertz CT molecular complexity index is 621. The Balaban J connectivity index is 2.15. The molecule has 1 aromatic heterocycles. The molecular weight excluding hydrogens is 248 g/mol. The number of amides is 1. The predicted molar refractivity (Wildman–Crippen MR) is 66.7 cm³/mol. The molecular formula is C12H12N4O3. The van der Waals surface area contributed by atoms with E-state index < -0.39 is 11.9 Å². The molecule has 19 heavy (non-hydrogen) atoms. The number of aromatic nitrogens is 3. The van der Waals surface area contributed by atoms with E-state index in [2.05, 4.69) is 20.4 Å². The molecule has 2 rings (SSSR count). The molecule has 0 aliphatic heterocycles. The number of aryl methyl sites for hydroxylation is 1. The van der Waals surface area contributed by atoms with Gasteiger partial charge in [0.15, 0.2) is 5.69 Å². The van der Waals surface area contributed by atoms with Crippen molar-refractivity contribution in [3.8, 4) is 0 Å². The molecule has 7 heteroatoms. The van der Waals surface area contributed by atoms with Crippen LogP contribution >= 0.6 is 0 Å². The highest BCUT2D eigenvalue weighted by molar-refractivity contribution is 6.03. The van der Waals surface area contributed by atoms with Gasteiger partial charge in [-0.2, -0.15) is 0 Å². The number of carbonyl (C=O) groups is 2. The Labute approximate surface area is 109 Å². The first-order valence-corrected chi connectivity index (χ1v) is 5.46. The Morgan fingerprint density at radius 1 is 1.37 bits per heavy atom. The van der Waals surface area contributed by atoms with E-state index in [4.69, 9.17) is 0 Å². The first-order valence-electron chi connectivity index (χ1n) is 5.46. The molecule has 0 aliphatic carbocycles. The number of hydrogen-bond donors (Lipinski definition) is 1. The number of anilines is 1. The smallest absolute Gasteiger partial charge is 0.337 e. The maximum absolute atomic E-state index is 11.8. The van der Waals surface area contributed by atoms with Gasteiger partial charge in [-0.05, 0) is 18.2 Å². The quantitative estimate of drug-likeness (QED) is 0.827. The fourth-order valence-corrected chi connectivity index (χ4v) is 1.49. The largest absolute Gasteiger partial charge is 0.465 e. The summed E-state index contributed by atoms with van der Waals surface area (Å²) in [5.41, 5.74) is 1.05. The topological polar surface area (TPSA) is 86.1 Å². The summed E-state index contributed by atoms with van der Waals surface area (Å²) in [6, 6.07) is 6.45. The summed E-state index contributed by atoms with van der Waals surface area (Å²) in [7, 11) is 2.97. The Hall–Kier alpha value is -2.70. The SMILES string of the molecule is COC(=O)c1cccc(NC(=O)c2cn(C)nn2)c1. The van der Waals surface area contributed by atoms with Crippen LogP contribution in [0.1, 0.15) is 20.8 Å². The molecule has 1 N–H and O–H groups in total. The van der Waals surface area contributed by atoms with Gasteiger partial charge in [-0.25, -0.2) is 4.79 Å². The number of hydrogen-bond acceptors (Lipinski definition) is 5. The summed E-state index contributed by atoms with van der Waals surface area (Å²) in [6.45, 7) is 0. The lowest BCUT2D eigenvalue weighted by Gasteiger charge is -2.04. The Morgan fingerprint density at radius 2 is 2.16 bits per heavy atom. The molecule has 0 radical (unpaired) electrons. The van der Waals surface area contributed by atoms with Crippen LogP contribution in [0, 0.1) is 0 Å². The Kier molecular flexibility index (Phi) is 3.56. The second-order valence-corrected chi connectivity index (χ2v) is 3.80. The van der Waals surface area contributed by atoms with E-state index in [1.54, 1.807) is 25.2 Å². The van der Waals surface area contributed by atoms with Gasteiger partial charge in [0.1, 0.15) is 0 Å². The fourth-order valence-electron chi connectivity index (χ4n) is 1.49. The number of nitrogens with one attached hydrogen (secondary N) is 1. The number of methoxy groups -OCH3 is 1. The van der Waals surface area contributed by atoms with E-state index in [-0.39, 0.29) is 5.69 Å². The van der Waals surface area contributed by atoms with Crippen molar-refractivity contribution in [1.29, 1.82) is 0 Å². The van der Waals surface area contributed by atoms with Gasteiger partial charge in [0.25, 0.3) is 5.91 Å². The molecule has 1 aromatic carbocycles. The summed E-state index contributed by atoms with van der Waals surface area (Å²) in [5, 5.41) is 9.99. The maximum Gasteiger partial charge on any atom is 0.337 e. The molecule has 0 aliphatic rings. The van der Waals surface area contributed by atoms with Gasteiger partial charge >= 0.3 is 5.97 Å². The van der Waals surface area contributed by atoms with Crippen LogP contribution < -0.4 is 5.32 Å². The van der Waals surface area contributed by atoms with Crippen molar-refractivity contribution < 1.29 is 14.3 Å². The van der Waals surface area contributed by atoms with Crippen molar-refractivity contribution in [2.24, 2.45) is 7.05 Å². The van der Waals surface area contributed by atoms with Crippen molar-refractivity contribution in [2.75, 3.05) is 12.4 Å². The summed E-state index contributed by atoms with van der Waals surface area (Å²) in [5.74, 6) is -0.856. The predicted octanol–water partition coefficient (Wildman–Crippen LogP) is 0.854. The van der Waals surface area contributed by atoms with Crippen LogP contribution in [-0.2, 0) is 11.8 Å². The molecule has 1 heterocycles. The minimum Gasteiger partial charge on any atom is -0.465 e. The zero-order chi connectivity index (χ0) is 13.8. The monoisotopic (exact) mass is 260 g/mol. The second kappa shape index (κ2) is 5.30. The standard InChI is InChI=1S/C12H12N4O3/c1-16-7-10(14-15-16)11(17)13-9-5-3-4-8(6-9)12(18)19-2/h3-7H,1-2H3,(H,13,17). The lowest BCUT2D eigenvalue weighted by Crippen LogP contribution is -2.13. The van der Waals surface area contributed by atoms with Gasteiger partial charge in [-0.3, -0.25) is 9.48 Å². The lowest BCUT2D eigenvalue weighted by molar-refractivity contribution is 0.0600. The third-order valence-electron chi connectivity index (χ3n) is 2.38. The molecule has 7 nitrogen and oxygen atoms in total. The zero-order valence-electron chi connectivity index (χ0n) is 10.5. The third-order valence-corrected chi connectivity index (χ3v) is 2.38. The minimum absolute atomic E-state index is 0.200. The molecule has 0 atom stereocenters. The first kappa shape index (κ1) is 12.7. The number of carbonyl (C=O) groups excluding carboxylic acids is 2. The highest BCUT2D eigenvalue weighted by Crippen LogP contribution is 2.12. The van der Waals surface area contributed by atoms with Crippen molar-refractivity contribution in [3.63, 3.8) is 0 Å². The molecule has 0 saturated heterocycles. The number of nitrogens with zero attached hydrogens (tertiary/aromatic N) is 3. The van der Waals surface area contributed by atoms with E-state index in [1.807, 2.05) is 0 Å². The van der Waals surface area contributed by atoms with Crippen LogP contribution in [0.4, 0.5) is 5.69 Å². The molecule has 0 unspecified atom stereocenters. The highest BCUT2D eigenvalue weighted by Gasteiger charge is 2.11. The molecule has 0 saturated carbocycles. The average Bonchev–Trinajstić information content (AvgIpc) is 2.85. The van der Waals surface area contributed by atoms with Gasteiger partial charge in [-0.15, -0.1) is 5.10 Å². The number of esters is 1. The van der Waals surface area contributed by atoms with Gasteiger partial charge in [0.2, 0.25) is 0 Å². The zero-order valence-corrected chi connectivity index (χ0v) is 10.5. The van der Waals surface area contributed by atoms with Crippen LogP contribution in [0.5, 0.6) is 0 Å². The van der Waals surface area contributed by atoms with Crippen LogP contribution in [0.2, 0.25) is 0 Å². The van der Waals surface area contributed by atoms with Crippen molar-refractivity contribution in [1.82, 2.24) is 15.0 Å². The van der Waals surface area contributed by atoms with Crippen molar-refractivity contribution in [3.05, 3.63) is 41.7 Å². The van der Waals surface area contributed by atoms with E-state index >= 15 is 0 Å². The van der Waals surface area contributed by atoms with Crippen LogP contribution in [0.15, 0.2) is 30.5 Å². The third kappa shape index (κ3) is 2.95. The van der Waals surface area contributed by atoms with Crippen LogP contribution in [0.3, 0.4) is 0 Å². The summed E-state index contributed by atoms with van der Waals surface area (Å²) < 4.78 is 6.04. The van der Waals surface area contributed by atoms with E-state index in [0.29, 0.717) is 11.3 Å². The average molecular weight is 260 g/mol. The second-order valence-electron chi connectivity index (χ2n) is 3.80. The number of ether oxygens (including phenoxy) is 1. The van der Waals surface area contributed by atoms with Gasteiger partial charge in [0.05, 0.1) is 18.9 Å². The minimum atomic E-state index is -0.462. The number of benzene rings is 1. The normalized spacial score (nSPS) is 10.0. The van der Waals surface area contributed by atoms with Gasteiger partial charge in [-0.1, -0.05) is 11.3 Å². The van der Waals surface area contributed by atoms with E-state index in [1.165, 1.54) is 24.1 Å². The Morgan fingerprint density at radius 3 is 2.79 bits per heavy atom. The molecule has 98 valence electrons. The molecule has 1 amide bonds. The van der Waals surface area contributed by atoms with E-state index in [9.17, 15) is 9.59 Å². The summed E-state index contributed by atoms with van der Waals surface area (Å²) in [6.07, 6.45) is 1.50. The summed E-state index contributed by atoms with van der Waals surface area (Å²) in [4.78, 5) is 23.2. The van der Waals surface area contributed by atoms with Crippen LogP contribution in [-0.4, -0.2) is 34.0 Å². The molecule has 2 aromatic rings. The first-order chi connectivity index (χ1) is 9.10. The fraction of sp³-hybridized carbons (Fsp3) is 0.167. The molecule has 0 fully saturated rings. The van der Waals surface area contributed by atoms with E-state index in [0.717, 1.165) is 0 Å².